The zero-order valence-electron chi connectivity index (χ0n) is 11.9. The van der Waals surface area contributed by atoms with Crippen LogP contribution in [0.5, 0.6) is 5.75 Å². The van der Waals surface area contributed by atoms with Crippen molar-refractivity contribution >= 4 is 5.97 Å². The molecule has 0 aliphatic heterocycles. The molecule has 0 heterocycles. The molecule has 1 rings (SSSR count). The molecule has 0 atom stereocenters. The van der Waals surface area contributed by atoms with Crippen LogP contribution in [0.4, 0.5) is 0 Å². The van der Waals surface area contributed by atoms with Crippen molar-refractivity contribution in [2.24, 2.45) is 0 Å². The van der Waals surface area contributed by atoms with E-state index in [0.29, 0.717) is 19.6 Å². The lowest BCUT2D eigenvalue weighted by atomic mass is 10.2. The summed E-state index contributed by atoms with van der Waals surface area (Å²) in [5.41, 5.74) is 1.23. The fourth-order valence-electron chi connectivity index (χ4n) is 1.34. The van der Waals surface area contributed by atoms with E-state index in [-0.39, 0.29) is 5.97 Å². The molecule has 0 spiro atoms. The Bertz CT molecular complexity index is 334. The van der Waals surface area contributed by atoms with Gasteiger partial charge in [-0.3, -0.25) is 4.79 Å². The molecule has 102 valence electrons. The van der Waals surface area contributed by atoms with E-state index in [1.807, 2.05) is 32.0 Å². The maximum absolute atomic E-state index is 11.1. The zero-order chi connectivity index (χ0) is 13.8. The van der Waals surface area contributed by atoms with Crippen LogP contribution in [-0.4, -0.2) is 19.2 Å². The minimum absolute atomic E-state index is 0.214. The molecule has 0 saturated heterocycles. The fraction of sp³-hybridized carbons (Fsp3) is 0.533. The van der Waals surface area contributed by atoms with Gasteiger partial charge in [0.1, 0.15) is 5.75 Å². The van der Waals surface area contributed by atoms with Crippen LogP contribution < -0.4 is 4.74 Å². The van der Waals surface area contributed by atoms with Crippen LogP contribution in [0.1, 0.15) is 39.7 Å². The molecule has 0 bridgehead atoms. The second kappa shape index (κ2) is 10.6. The first-order valence-electron chi connectivity index (χ1n) is 6.63. The van der Waals surface area contributed by atoms with E-state index in [1.54, 1.807) is 6.92 Å². The predicted octanol–water partition coefficient (Wildman–Crippen LogP) is 3.61. The highest BCUT2D eigenvalue weighted by atomic mass is 16.5. The summed E-state index contributed by atoms with van der Waals surface area (Å²) in [6, 6.07) is 7.90. The average Bonchev–Trinajstić information content (AvgIpc) is 2.41. The predicted molar refractivity (Wildman–Crippen MR) is 73.9 cm³/mol. The van der Waals surface area contributed by atoms with Crippen molar-refractivity contribution in [2.75, 3.05) is 13.2 Å². The van der Waals surface area contributed by atoms with Crippen LogP contribution in [0.15, 0.2) is 24.3 Å². The normalized spacial score (nSPS) is 9.11. The van der Waals surface area contributed by atoms with Crippen molar-refractivity contribution < 1.29 is 14.3 Å². The maximum Gasteiger partial charge on any atom is 0.309 e. The van der Waals surface area contributed by atoms with Gasteiger partial charge < -0.3 is 9.47 Å². The van der Waals surface area contributed by atoms with Gasteiger partial charge in [0.25, 0.3) is 0 Å². The van der Waals surface area contributed by atoms with Gasteiger partial charge in [-0.2, -0.15) is 0 Å². The summed E-state index contributed by atoms with van der Waals surface area (Å²) in [5, 5.41) is 0. The van der Waals surface area contributed by atoms with E-state index in [9.17, 15) is 4.79 Å². The second-order valence-electron chi connectivity index (χ2n) is 3.40. The van der Waals surface area contributed by atoms with Crippen LogP contribution in [-0.2, 0) is 16.0 Å². The topological polar surface area (TPSA) is 35.5 Å². The van der Waals surface area contributed by atoms with E-state index < -0.39 is 0 Å². The molecule has 1 aromatic rings. The number of carbonyl (C=O) groups excluding carboxylic acids is 1. The van der Waals surface area contributed by atoms with Crippen LogP contribution in [0.2, 0.25) is 0 Å². The number of hydrogen-bond acceptors (Lipinski definition) is 3. The van der Waals surface area contributed by atoms with Gasteiger partial charge in [-0.05, 0) is 31.0 Å². The molecule has 3 heteroatoms. The molecule has 3 nitrogen and oxygen atoms in total. The molecule has 0 unspecified atom stereocenters. The van der Waals surface area contributed by atoms with Gasteiger partial charge >= 0.3 is 5.97 Å². The summed E-state index contributed by atoms with van der Waals surface area (Å²) in [4.78, 5) is 11.1. The Morgan fingerprint density at radius 2 is 1.94 bits per heavy atom. The number of rotatable bonds is 6. The third-order valence-corrected chi connectivity index (χ3v) is 2.19. The molecule has 0 aliphatic rings. The van der Waals surface area contributed by atoms with E-state index in [1.165, 1.54) is 5.56 Å². The van der Waals surface area contributed by atoms with Gasteiger partial charge in [-0.25, -0.2) is 0 Å². The number of ether oxygens (including phenoxy) is 2. The number of carbonyl (C=O) groups is 1. The summed E-state index contributed by atoms with van der Waals surface area (Å²) in [6.45, 7) is 8.68. The molecule has 0 N–H and O–H groups in total. The molecule has 0 aromatic heterocycles. The Balaban J connectivity index is 0.00000137. The zero-order valence-corrected chi connectivity index (χ0v) is 11.9. The number of esters is 1. The molecule has 0 saturated carbocycles. The SMILES string of the molecule is CC.CCOC(=O)CCOc1cccc(CC)c1. The van der Waals surface area contributed by atoms with Gasteiger partial charge in [0, 0.05) is 0 Å². The van der Waals surface area contributed by atoms with Crippen LogP contribution >= 0.6 is 0 Å². The van der Waals surface area contributed by atoms with Crippen molar-refractivity contribution in [2.45, 2.75) is 40.5 Å². The molecule has 0 fully saturated rings. The number of benzene rings is 1. The van der Waals surface area contributed by atoms with Gasteiger partial charge in [0.05, 0.1) is 19.6 Å². The Morgan fingerprint density at radius 3 is 2.56 bits per heavy atom. The Kier molecular flexibility index (Phi) is 9.74. The van der Waals surface area contributed by atoms with Gasteiger partial charge in [-0.1, -0.05) is 32.9 Å². The summed E-state index contributed by atoms with van der Waals surface area (Å²) in [7, 11) is 0. The van der Waals surface area contributed by atoms with Gasteiger partial charge in [0.15, 0.2) is 0 Å². The lowest BCUT2D eigenvalue weighted by molar-refractivity contribution is -0.143. The number of hydrogen-bond donors (Lipinski definition) is 0. The van der Waals surface area contributed by atoms with Crippen molar-refractivity contribution in [3.05, 3.63) is 29.8 Å². The maximum atomic E-state index is 11.1. The molecule has 1 aromatic carbocycles. The second-order valence-corrected chi connectivity index (χ2v) is 3.40. The fourth-order valence-corrected chi connectivity index (χ4v) is 1.34. The van der Waals surface area contributed by atoms with Crippen LogP contribution in [0.3, 0.4) is 0 Å². The molecule has 0 amide bonds. The van der Waals surface area contributed by atoms with Gasteiger partial charge in [0.2, 0.25) is 0 Å². The summed E-state index contributed by atoms with van der Waals surface area (Å²) in [6.07, 6.45) is 1.28. The van der Waals surface area contributed by atoms with E-state index in [2.05, 4.69) is 13.0 Å². The first-order chi connectivity index (χ1) is 8.76. The quantitative estimate of drug-likeness (QED) is 0.726. The molecule has 18 heavy (non-hydrogen) atoms. The minimum Gasteiger partial charge on any atom is -0.493 e. The summed E-state index contributed by atoms with van der Waals surface area (Å²) < 4.78 is 10.3. The van der Waals surface area contributed by atoms with Crippen molar-refractivity contribution in [1.82, 2.24) is 0 Å². The molecular formula is C15H24O3. The molecule has 0 aliphatic carbocycles. The first kappa shape index (κ1) is 16.5. The highest BCUT2D eigenvalue weighted by Crippen LogP contribution is 2.13. The summed E-state index contributed by atoms with van der Waals surface area (Å²) in [5.74, 6) is 0.595. The Hall–Kier alpha value is -1.51. The third kappa shape index (κ3) is 6.94. The molecule has 0 radical (unpaired) electrons. The number of aryl methyl sites for hydroxylation is 1. The van der Waals surface area contributed by atoms with Crippen molar-refractivity contribution in [3.8, 4) is 5.75 Å². The average molecular weight is 252 g/mol. The third-order valence-electron chi connectivity index (χ3n) is 2.19. The van der Waals surface area contributed by atoms with Crippen molar-refractivity contribution in [1.29, 1.82) is 0 Å². The Morgan fingerprint density at radius 1 is 1.22 bits per heavy atom. The van der Waals surface area contributed by atoms with Crippen molar-refractivity contribution in [3.63, 3.8) is 0 Å². The van der Waals surface area contributed by atoms with E-state index in [0.717, 1.165) is 12.2 Å². The highest BCUT2D eigenvalue weighted by Gasteiger charge is 2.02. The lowest BCUT2D eigenvalue weighted by Crippen LogP contribution is -2.09. The first-order valence-corrected chi connectivity index (χ1v) is 6.63. The van der Waals surface area contributed by atoms with E-state index >= 15 is 0 Å². The Labute approximate surface area is 110 Å². The lowest BCUT2D eigenvalue weighted by Gasteiger charge is -2.07. The highest BCUT2D eigenvalue weighted by molar-refractivity contribution is 5.69. The largest absolute Gasteiger partial charge is 0.493 e. The van der Waals surface area contributed by atoms with E-state index in [4.69, 9.17) is 9.47 Å². The van der Waals surface area contributed by atoms with Crippen LogP contribution in [0.25, 0.3) is 0 Å². The van der Waals surface area contributed by atoms with Crippen LogP contribution in [0, 0.1) is 0 Å². The molecular weight excluding hydrogens is 228 g/mol. The monoisotopic (exact) mass is 252 g/mol. The smallest absolute Gasteiger partial charge is 0.309 e. The standard InChI is InChI=1S/C13H18O3.C2H6/c1-3-11-6-5-7-12(10-11)16-9-8-13(14)15-4-2;1-2/h5-7,10H,3-4,8-9H2,1-2H3;1-2H3. The summed E-state index contributed by atoms with van der Waals surface area (Å²) >= 11 is 0. The van der Waals surface area contributed by atoms with Gasteiger partial charge in [-0.15, -0.1) is 0 Å². The minimum atomic E-state index is -0.214.